The van der Waals surface area contributed by atoms with Crippen LogP contribution in [0.3, 0.4) is 0 Å². The minimum Gasteiger partial charge on any atom is -0.481 e. The lowest BCUT2D eigenvalue weighted by Crippen LogP contribution is -2.20. The fourth-order valence-electron chi connectivity index (χ4n) is 1.80. The lowest BCUT2D eigenvalue weighted by Gasteiger charge is -2.26. The van der Waals surface area contributed by atoms with Crippen LogP contribution < -0.4 is 0 Å². The summed E-state index contributed by atoms with van der Waals surface area (Å²) >= 11 is 6.07. The Balaban J connectivity index is 2.24. The average Bonchev–Trinajstić information content (AvgIpc) is 2.03. The molecule has 0 bridgehead atoms. The summed E-state index contributed by atoms with van der Waals surface area (Å²) in [6.45, 7) is 0. The maximum atomic E-state index is 10.3. The van der Waals surface area contributed by atoms with Crippen molar-refractivity contribution in [1.82, 2.24) is 0 Å². The van der Waals surface area contributed by atoms with Gasteiger partial charge in [0.15, 0.2) is 0 Å². The molecule has 0 spiro atoms. The number of aliphatic carboxylic acids is 1. The Bertz CT molecular complexity index is 159. The van der Waals surface area contributed by atoms with E-state index >= 15 is 0 Å². The van der Waals surface area contributed by atoms with Crippen LogP contribution in [0.4, 0.5) is 0 Å². The van der Waals surface area contributed by atoms with Gasteiger partial charge in [0.2, 0.25) is 0 Å². The molecule has 0 heterocycles. The molecule has 0 aromatic rings. The first-order valence-electron chi connectivity index (χ1n) is 4.56. The molecule has 1 aliphatic carbocycles. The van der Waals surface area contributed by atoms with E-state index < -0.39 is 5.97 Å². The Morgan fingerprint density at radius 1 is 1.42 bits per heavy atom. The third-order valence-electron chi connectivity index (χ3n) is 2.55. The second kappa shape index (κ2) is 4.70. The zero-order valence-corrected chi connectivity index (χ0v) is 7.89. The van der Waals surface area contributed by atoms with Crippen molar-refractivity contribution < 1.29 is 9.90 Å². The molecule has 0 aromatic heterocycles. The SMILES string of the molecule is O=C(O)CCC1CCCCC1Cl. The van der Waals surface area contributed by atoms with E-state index in [9.17, 15) is 4.79 Å². The molecule has 3 heteroatoms. The fraction of sp³-hybridized carbons (Fsp3) is 0.889. The Morgan fingerprint density at radius 2 is 2.08 bits per heavy atom. The van der Waals surface area contributed by atoms with E-state index in [2.05, 4.69) is 0 Å². The summed E-state index contributed by atoms with van der Waals surface area (Å²) < 4.78 is 0. The number of carboxylic acids is 1. The third-order valence-corrected chi connectivity index (χ3v) is 3.12. The quantitative estimate of drug-likeness (QED) is 0.695. The van der Waals surface area contributed by atoms with Gasteiger partial charge in [-0.2, -0.15) is 0 Å². The summed E-state index contributed by atoms with van der Waals surface area (Å²) in [7, 11) is 0. The zero-order valence-electron chi connectivity index (χ0n) is 7.13. The fourth-order valence-corrected chi connectivity index (χ4v) is 2.20. The standard InChI is InChI=1S/C9H15ClO2/c10-8-4-2-1-3-7(8)5-6-9(11)12/h7-8H,1-6H2,(H,11,12). The van der Waals surface area contributed by atoms with Crippen LogP contribution in [-0.2, 0) is 4.79 Å². The normalized spacial score (nSPS) is 30.1. The topological polar surface area (TPSA) is 37.3 Å². The molecule has 0 aromatic carbocycles. The van der Waals surface area contributed by atoms with Gasteiger partial charge in [0.25, 0.3) is 0 Å². The van der Waals surface area contributed by atoms with E-state index in [1.54, 1.807) is 0 Å². The van der Waals surface area contributed by atoms with Gasteiger partial charge in [-0.1, -0.05) is 12.8 Å². The number of carboxylic acid groups (broad SMARTS) is 1. The van der Waals surface area contributed by atoms with Gasteiger partial charge in [-0.15, -0.1) is 11.6 Å². The molecule has 1 saturated carbocycles. The Labute approximate surface area is 77.9 Å². The molecule has 1 fully saturated rings. The number of alkyl halides is 1. The Hall–Kier alpha value is -0.240. The Morgan fingerprint density at radius 3 is 2.67 bits per heavy atom. The van der Waals surface area contributed by atoms with Crippen molar-refractivity contribution in [3.8, 4) is 0 Å². The maximum absolute atomic E-state index is 10.3. The minimum atomic E-state index is -0.704. The van der Waals surface area contributed by atoms with E-state index in [-0.39, 0.29) is 11.8 Å². The third kappa shape index (κ3) is 3.02. The summed E-state index contributed by atoms with van der Waals surface area (Å²) in [6.07, 6.45) is 5.62. The predicted molar refractivity (Wildman–Crippen MR) is 48.5 cm³/mol. The zero-order chi connectivity index (χ0) is 8.97. The van der Waals surface area contributed by atoms with E-state index in [1.807, 2.05) is 0 Å². The van der Waals surface area contributed by atoms with Crippen molar-refractivity contribution in [3.05, 3.63) is 0 Å². The van der Waals surface area contributed by atoms with Crippen molar-refractivity contribution in [1.29, 1.82) is 0 Å². The average molecular weight is 191 g/mol. The van der Waals surface area contributed by atoms with Crippen LogP contribution in [0.1, 0.15) is 38.5 Å². The molecule has 2 unspecified atom stereocenters. The number of hydrogen-bond donors (Lipinski definition) is 1. The largest absolute Gasteiger partial charge is 0.481 e. The van der Waals surface area contributed by atoms with Gasteiger partial charge in [0.05, 0.1) is 0 Å². The monoisotopic (exact) mass is 190 g/mol. The van der Waals surface area contributed by atoms with E-state index in [1.165, 1.54) is 12.8 Å². The van der Waals surface area contributed by atoms with Gasteiger partial charge in [-0.25, -0.2) is 0 Å². The second-order valence-electron chi connectivity index (χ2n) is 3.49. The molecule has 1 rings (SSSR count). The van der Waals surface area contributed by atoms with Gasteiger partial charge in [0, 0.05) is 11.8 Å². The summed E-state index contributed by atoms with van der Waals surface area (Å²) in [5.74, 6) is -0.263. The van der Waals surface area contributed by atoms with Gasteiger partial charge >= 0.3 is 5.97 Å². The highest BCUT2D eigenvalue weighted by atomic mass is 35.5. The lowest BCUT2D eigenvalue weighted by atomic mass is 9.86. The van der Waals surface area contributed by atoms with Gasteiger partial charge in [-0.3, -0.25) is 4.79 Å². The highest BCUT2D eigenvalue weighted by Crippen LogP contribution is 2.31. The van der Waals surface area contributed by atoms with Crippen LogP contribution in [0.5, 0.6) is 0 Å². The summed E-state index contributed by atoms with van der Waals surface area (Å²) in [5, 5.41) is 8.71. The molecular weight excluding hydrogens is 176 g/mol. The van der Waals surface area contributed by atoms with Crippen molar-refractivity contribution in [3.63, 3.8) is 0 Å². The Kier molecular flexibility index (Phi) is 3.86. The molecule has 0 aliphatic heterocycles. The van der Waals surface area contributed by atoms with Crippen LogP contribution in [-0.4, -0.2) is 16.5 Å². The summed E-state index contributed by atoms with van der Waals surface area (Å²) in [6, 6.07) is 0. The van der Waals surface area contributed by atoms with Crippen molar-refractivity contribution in [2.45, 2.75) is 43.9 Å². The van der Waals surface area contributed by atoms with E-state index in [0.717, 1.165) is 19.3 Å². The molecule has 0 saturated heterocycles. The van der Waals surface area contributed by atoms with E-state index in [4.69, 9.17) is 16.7 Å². The van der Waals surface area contributed by atoms with Crippen LogP contribution in [0, 0.1) is 5.92 Å². The van der Waals surface area contributed by atoms with E-state index in [0.29, 0.717) is 5.92 Å². The highest BCUT2D eigenvalue weighted by Gasteiger charge is 2.23. The molecule has 1 N–H and O–H groups in total. The first kappa shape index (κ1) is 9.85. The summed E-state index contributed by atoms with van der Waals surface area (Å²) in [5.41, 5.74) is 0. The first-order valence-corrected chi connectivity index (χ1v) is 4.99. The number of rotatable bonds is 3. The molecule has 0 radical (unpaired) electrons. The van der Waals surface area contributed by atoms with Crippen molar-refractivity contribution >= 4 is 17.6 Å². The molecule has 1 aliphatic rings. The maximum Gasteiger partial charge on any atom is 0.303 e. The molecule has 0 amide bonds. The second-order valence-corrected chi connectivity index (χ2v) is 4.05. The minimum absolute atomic E-state index is 0.220. The number of carbonyl (C=O) groups is 1. The summed E-state index contributed by atoms with van der Waals surface area (Å²) in [4.78, 5) is 10.3. The van der Waals surface area contributed by atoms with Crippen LogP contribution in [0.25, 0.3) is 0 Å². The van der Waals surface area contributed by atoms with Crippen LogP contribution >= 0.6 is 11.6 Å². The molecule has 2 nitrogen and oxygen atoms in total. The van der Waals surface area contributed by atoms with Gasteiger partial charge in [-0.05, 0) is 25.2 Å². The van der Waals surface area contributed by atoms with Crippen LogP contribution in [0.2, 0.25) is 0 Å². The van der Waals surface area contributed by atoms with Gasteiger partial charge in [0.1, 0.15) is 0 Å². The lowest BCUT2D eigenvalue weighted by molar-refractivity contribution is -0.137. The molecule has 70 valence electrons. The van der Waals surface area contributed by atoms with Gasteiger partial charge < -0.3 is 5.11 Å². The number of halogens is 1. The molecule has 12 heavy (non-hydrogen) atoms. The highest BCUT2D eigenvalue weighted by molar-refractivity contribution is 6.20. The smallest absolute Gasteiger partial charge is 0.303 e. The first-order chi connectivity index (χ1) is 5.70. The molecule has 2 atom stereocenters. The predicted octanol–water partition coefficient (Wildman–Crippen LogP) is 2.65. The van der Waals surface area contributed by atoms with Crippen LogP contribution in [0.15, 0.2) is 0 Å². The van der Waals surface area contributed by atoms with Crippen molar-refractivity contribution in [2.75, 3.05) is 0 Å². The number of hydrogen-bond acceptors (Lipinski definition) is 1. The van der Waals surface area contributed by atoms with Crippen molar-refractivity contribution in [2.24, 2.45) is 5.92 Å². The molecular formula is C9H15ClO2.